The van der Waals surface area contributed by atoms with E-state index in [1.165, 1.54) is 22.3 Å². The van der Waals surface area contributed by atoms with Crippen LogP contribution in [0, 0.1) is 0 Å². The maximum atomic E-state index is 12.8. The lowest BCUT2D eigenvalue weighted by molar-refractivity contribution is 0.0597. The van der Waals surface area contributed by atoms with E-state index < -0.39 is 28.7 Å². The van der Waals surface area contributed by atoms with Gasteiger partial charge in [-0.05, 0) is 81.5 Å². The molecule has 1 aromatic carbocycles. The third-order valence-corrected chi connectivity index (χ3v) is 7.61. The van der Waals surface area contributed by atoms with Crippen LogP contribution in [0.25, 0.3) is 0 Å². The van der Waals surface area contributed by atoms with E-state index >= 15 is 0 Å². The van der Waals surface area contributed by atoms with E-state index in [2.05, 4.69) is 21.1 Å². The number of carbonyl (C=O) groups excluding carboxylic acids is 2. The Hall–Kier alpha value is -2.62. The van der Waals surface area contributed by atoms with Crippen molar-refractivity contribution in [3.05, 3.63) is 28.3 Å². The van der Waals surface area contributed by atoms with Crippen molar-refractivity contribution in [1.82, 2.24) is 14.5 Å². The molecule has 4 rings (SSSR count). The Morgan fingerprint density at radius 3 is 2.21 bits per heavy atom. The van der Waals surface area contributed by atoms with Crippen molar-refractivity contribution in [2.75, 3.05) is 32.5 Å². The second-order valence-electron chi connectivity index (χ2n) is 10.4. The Labute approximate surface area is 203 Å². The smallest absolute Gasteiger partial charge is 0.437 e. The summed E-state index contributed by atoms with van der Waals surface area (Å²) in [6.45, 7) is 6.19. The third-order valence-electron chi connectivity index (χ3n) is 6.32. The van der Waals surface area contributed by atoms with Crippen LogP contribution in [-0.4, -0.2) is 70.1 Å². The van der Waals surface area contributed by atoms with E-state index in [1.807, 2.05) is 4.90 Å². The van der Waals surface area contributed by atoms with E-state index in [-0.39, 0.29) is 5.25 Å². The molecule has 1 saturated heterocycles. The maximum Gasteiger partial charge on any atom is 0.437 e. The van der Waals surface area contributed by atoms with Crippen LogP contribution in [0.1, 0.15) is 55.9 Å². The number of fused-ring (bicyclic) bond motifs is 2. The molecule has 10 heteroatoms. The third kappa shape index (κ3) is 5.37. The highest BCUT2D eigenvalue weighted by Gasteiger charge is 2.36. The van der Waals surface area contributed by atoms with Crippen LogP contribution >= 0.6 is 0 Å². The molecule has 3 aliphatic rings. The van der Waals surface area contributed by atoms with Gasteiger partial charge in [0.25, 0.3) is 0 Å². The number of anilines is 1. The molecule has 0 bridgehead atoms. The molecule has 1 unspecified atom stereocenters. The summed E-state index contributed by atoms with van der Waals surface area (Å²) >= 11 is 0. The van der Waals surface area contributed by atoms with Crippen LogP contribution in [0.4, 0.5) is 15.3 Å². The Kier molecular flexibility index (Phi) is 6.89. The summed E-state index contributed by atoms with van der Waals surface area (Å²) in [5, 5.41) is 2.78. The topological polar surface area (TPSA) is 103 Å². The highest BCUT2D eigenvalue weighted by atomic mass is 32.2. The predicted molar refractivity (Wildman–Crippen MR) is 134 cm³/mol. The van der Waals surface area contributed by atoms with Gasteiger partial charge in [-0.3, -0.25) is 4.72 Å². The average Bonchev–Trinajstić information content (AvgIpc) is 3.33. The fraction of sp³-hybridized carbons (Fsp3) is 0.625. The number of ether oxygens (including phenoxy) is 1. The quantitative estimate of drug-likeness (QED) is 0.500. The Balaban J connectivity index is 1.35. The molecule has 34 heavy (non-hydrogen) atoms. The molecule has 186 valence electrons. The highest BCUT2D eigenvalue weighted by Crippen LogP contribution is 2.38. The van der Waals surface area contributed by atoms with Gasteiger partial charge in [0.15, 0.2) is 0 Å². The molecule has 2 aliphatic carbocycles. The Bertz CT molecular complexity index is 1010. The van der Waals surface area contributed by atoms with Gasteiger partial charge in [-0.2, -0.15) is 0 Å². The standard InChI is InChI=1S/C24H35N5O4S/c1-24(2,3)33-23(31)26-22(28(4)5)29-13-17(14-29)34(32)27-21(30)25-20-18-10-6-8-15(18)12-16-9-7-11-19(16)20/h12,17H,6-11,13-14H2,1-5H3,(H2,25,27,30)/b26-22+. The number of guanidine groups is 1. The molecule has 1 fully saturated rings. The highest BCUT2D eigenvalue weighted by molar-refractivity contribution is 7.84. The summed E-state index contributed by atoms with van der Waals surface area (Å²) in [5.41, 5.74) is 5.47. The molecule has 2 N–H and O–H groups in total. The minimum Gasteiger partial charge on any atom is -0.442 e. The number of aryl methyl sites for hydroxylation is 2. The average molecular weight is 490 g/mol. The molecule has 1 aliphatic heterocycles. The number of hydrogen-bond donors (Lipinski definition) is 2. The predicted octanol–water partition coefficient (Wildman–Crippen LogP) is 2.99. The molecular formula is C24H35N5O4S. The van der Waals surface area contributed by atoms with E-state index in [1.54, 1.807) is 39.8 Å². The molecule has 1 aromatic rings. The first-order valence-electron chi connectivity index (χ1n) is 11.9. The number of likely N-dealkylation sites (tertiary alicyclic amines) is 1. The van der Waals surface area contributed by atoms with E-state index in [0.717, 1.165) is 44.2 Å². The van der Waals surface area contributed by atoms with Gasteiger partial charge in [-0.25, -0.2) is 13.8 Å². The van der Waals surface area contributed by atoms with E-state index in [4.69, 9.17) is 4.74 Å². The maximum absolute atomic E-state index is 12.8. The number of nitrogens with zero attached hydrogens (tertiary/aromatic N) is 3. The van der Waals surface area contributed by atoms with Gasteiger partial charge < -0.3 is 19.9 Å². The van der Waals surface area contributed by atoms with Crippen LogP contribution in [0.5, 0.6) is 0 Å². The normalized spacial score (nSPS) is 18.6. The Morgan fingerprint density at radius 2 is 1.68 bits per heavy atom. The zero-order valence-electron chi connectivity index (χ0n) is 20.7. The summed E-state index contributed by atoms with van der Waals surface area (Å²) in [6, 6.07) is 1.89. The Morgan fingerprint density at radius 1 is 1.09 bits per heavy atom. The zero-order chi connectivity index (χ0) is 24.6. The molecule has 0 saturated carbocycles. The molecule has 3 amide bonds. The summed E-state index contributed by atoms with van der Waals surface area (Å²) in [6.07, 6.45) is 5.62. The van der Waals surface area contributed by atoms with Crippen LogP contribution in [0.3, 0.4) is 0 Å². The van der Waals surface area contributed by atoms with Crippen molar-refractivity contribution in [2.24, 2.45) is 4.99 Å². The molecular weight excluding hydrogens is 454 g/mol. The van der Waals surface area contributed by atoms with Gasteiger partial charge in [-0.15, -0.1) is 4.99 Å². The monoisotopic (exact) mass is 489 g/mol. The number of benzene rings is 1. The first-order valence-corrected chi connectivity index (χ1v) is 13.1. The minimum atomic E-state index is -1.55. The van der Waals surface area contributed by atoms with Gasteiger partial charge >= 0.3 is 12.1 Å². The van der Waals surface area contributed by atoms with Crippen LogP contribution in [-0.2, 0) is 41.4 Å². The molecule has 0 radical (unpaired) electrons. The number of nitrogens with one attached hydrogen (secondary N) is 2. The van der Waals surface area contributed by atoms with Crippen LogP contribution < -0.4 is 10.0 Å². The van der Waals surface area contributed by atoms with E-state index in [9.17, 15) is 13.8 Å². The van der Waals surface area contributed by atoms with Crippen molar-refractivity contribution in [1.29, 1.82) is 0 Å². The summed E-state index contributed by atoms with van der Waals surface area (Å²) in [5.74, 6) is 0.447. The lowest BCUT2D eigenvalue weighted by Crippen LogP contribution is -2.60. The zero-order valence-corrected chi connectivity index (χ0v) is 21.5. The molecule has 0 spiro atoms. The van der Waals surface area contributed by atoms with Crippen molar-refractivity contribution in [3.63, 3.8) is 0 Å². The second-order valence-corrected chi connectivity index (χ2v) is 11.9. The fourth-order valence-corrected chi connectivity index (χ4v) is 5.87. The lowest BCUT2D eigenvalue weighted by atomic mass is 9.99. The van der Waals surface area contributed by atoms with Gasteiger partial charge in [-0.1, -0.05) is 6.07 Å². The second kappa shape index (κ2) is 9.56. The SMILES string of the molecule is CN(C)/C(=N\C(=O)OC(C)(C)C)N1CC(S(=O)NC(=O)Nc2c3c(cc4c2CCC4)CCC3)C1. The van der Waals surface area contributed by atoms with Crippen LogP contribution in [0.15, 0.2) is 11.1 Å². The van der Waals surface area contributed by atoms with Crippen molar-refractivity contribution in [2.45, 2.75) is 70.1 Å². The van der Waals surface area contributed by atoms with Gasteiger partial charge in [0.2, 0.25) is 5.96 Å². The summed E-state index contributed by atoms with van der Waals surface area (Å²) in [7, 11) is 2.02. The van der Waals surface area contributed by atoms with E-state index in [0.29, 0.717) is 19.0 Å². The van der Waals surface area contributed by atoms with Crippen LogP contribution in [0.2, 0.25) is 0 Å². The number of hydrogen-bond acceptors (Lipinski definition) is 4. The van der Waals surface area contributed by atoms with Crippen molar-refractivity contribution < 1.29 is 18.5 Å². The number of aliphatic imine (C=N–C) groups is 1. The first-order chi connectivity index (χ1) is 16.0. The number of amides is 3. The van der Waals surface area contributed by atoms with Crippen molar-refractivity contribution >= 4 is 34.8 Å². The van der Waals surface area contributed by atoms with Gasteiger partial charge in [0.05, 0.1) is 5.25 Å². The lowest BCUT2D eigenvalue weighted by Gasteiger charge is -2.41. The summed E-state index contributed by atoms with van der Waals surface area (Å²) in [4.78, 5) is 32.5. The van der Waals surface area contributed by atoms with Gasteiger partial charge in [0, 0.05) is 32.9 Å². The number of urea groups is 1. The van der Waals surface area contributed by atoms with Gasteiger partial charge in [0.1, 0.15) is 16.6 Å². The molecule has 1 heterocycles. The number of rotatable bonds is 3. The molecule has 1 atom stereocenters. The summed E-state index contributed by atoms with van der Waals surface area (Å²) < 4.78 is 20.7. The minimum absolute atomic E-state index is 0.248. The number of carbonyl (C=O) groups is 2. The largest absolute Gasteiger partial charge is 0.442 e. The fourth-order valence-electron chi connectivity index (χ4n) is 4.84. The first kappa shape index (κ1) is 24.5. The molecule has 9 nitrogen and oxygen atoms in total. The molecule has 0 aromatic heterocycles. The van der Waals surface area contributed by atoms with Crippen molar-refractivity contribution in [3.8, 4) is 0 Å².